The first-order valence-corrected chi connectivity index (χ1v) is 10.3. The van der Waals surface area contributed by atoms with Gasteiger partial charge in [-0.2, -0.15) is 0 Å². The van der Waals surface area contributed by atoms with Gasteiger partial charge in [0.05, 0.1) is 22.4 Å². The predicted octanol–water partition coefficient (Wildman–Crippen LogP) is 6.03. The lowest BCUT2D eigenvalue weighted by Crippen LogP contribution is -1.97. The van der Waals surface area contributed by atoms with Crippen LogP contribution in [0.1, 0.15) is 48.0 Å². The zero-order chi connectivity index (χ0) is 19.5. The van der Waals surface area contributed by atoms with E-state index in [1.165, 1.54) is 24.0 Å². The van der Waals surface area contributed by atoms with Gasteiger partial charge in [-0.05, 0) is 74.4 Å². The molecule has 3 heterocycles. The molecule has 1 saturated carbocycles. The Morgan fingerprint density at radius 1 is 1.10 bits per heavy atom. The summed E-state index contributed by atoms with van der Waals surface area (Å²) in [4.78, 5) is 13.3. The lowest BCUT2D eigenvalue weighted by atomic mass is 9.91. The summed E-state index contributed by atoms with van der Waals surface area (Å²) in [6.45, 7) is 3.97. The van der Waals surface area contributed by atoms with Crippen LogP contribution in [0, 0.1) is 13.8 Å². The van der Waals surface area contributed by atoms with Crippen LogP contribution in [-0.4, -0.2) is 21.3 Å². The number of aromatic amines is 1. The molecule has 0 radical (unpaired) electrons. The van der Waals surface area contributed by atoms with Crippen LogP contribution >= 0.6 is 0 Å². The Balaban J connectivity index is 1.65. The summed E-state index contributed by atoms with van der Waals surface area (Å²) in [7, 11) is 0. The Hall–Kier alpha value is -3.21. The van der Waals surface area contributed by atoms with Crippen molar-refractivity contribution in [2.45, 2.75) is 45.4 Å². The smallest absolute Gasteiger partial charge is 0.141 e. The maximum Gasteiger partial charge on any atom is 0.141 e. The van der Waals surface area contributed by atoms with E-state index in [0.29, 0.717) is 5.92 Å². The lowest BCUT2D eigenvalue weighted by Gasteiger charge is -2.16. The van der Waals surface area contributed by atoms with Crippen molar-refractivity contribution in [3.63, 3.8) is 0 Å². The van der Waals surface area contributed by atoms with E-state index >= 15 is 0 Å². The number of rotatable bonds is 3. The van der Waals surface area contributed by atoms with Crippen molar-refractivity contribution in [3.8, 4) is 22.3 Å². The van der Waals surface area contributed by atoms with E-state index in [4.69, 9.17) is 9.51 Å². The Kier molecular flexibility index (Phi) is 3.54. The van der Waals surface area contributed by atoms with Crippen LogP contribution < -0.4 is 0 Å². The molecule has 29 heavy (non-hydrogen) atoms. The monoisotopic (exact) mass is 382 g/mol. The second kappa shape index (κ2) is 6.14. The molecule has 0 amide bonds. The van der Waals surface area contributed by atoms with Gasteiger partial charge >= 0.3 is 0 Å². The summed E-state index contributed by atoms with van der Waals surface area (Å²) in [5.41, 5.74) is 9.99. The molecule has 0 atom stereocenters. The first kappa shape index (κ1) is 16.7. The zero-order valence-corrected chi connectivity index (χ0v) is 16.6. The molecule has 5 heteroatoms. The van der Waals surface area contributed by atoms with E-state index in [1.54, 1.807) is 0 Å². The summed E-state index contributed by atoms with van der Waals surface area (Å²) in [5, 5.41) is 4.17. The van der Waals surface area contributed by atoms with Gasteiger partial charge in [-0.25, -0.2) is 4.98 Å². The summed E-state index contributed by atoms with van der Waals surface area (Å²) in [6.07, 6.45) is 6.45. The summed E-state index contributed by atoms with van der Waals surface area (Å²) < 4.78 is 5.46. The first-order chi connectivity index (χ1) is 14.2. The largest absolute Gasteiger partial charge is 0.361 e. The molecule has 1 aliphatic heterocycles. The van der Waals surface area contributed by atoms with Crippen LogP contribution in [0.4, 0.5) is 5.69 Å². The number of hydrogen-bond acceptors (Lipinski definition) is 4. The molecule has 2 aliphatic rings. The van der Waals surface area contributed by atoms with Crippen molar-refractivity contribution in [2.75, 3.05) is 0 Å². The predicted molar refractivity (Wildman–Crippen MR) is 115 cm³/mol. The van der Waals surface area contributed by atoms with E-state index in [2.05, 4.69) is 45.5 Å². The van der Waals surface area contributed by atoms with Crippen LogP contribution in [0.2, 0.25) is 0 Å². The molecule has 0 spiro atoms. The zero-order valence-electron chi connectivity index (χ0n) is 16.6. The lowest BCUT2D eigenvalue weighted by molar-refractivity contribution is 0.393. The molecule has 2 aromatic carbocycles. The van der Waals surface area contributed by atoms with E-state index in [1.807, 2.05) is 20.1 Å². The molecule has 5 nitrogen and oxygen atoms in total. The minimum absolute atomic E-state index is 0.576. The van der Waals surface area contributed by atoms with Gasteiger partial charge in [0.25, 0.3) is 0 Å². The van der Waals surface area contributed by atoms with Crippen LogP contribution in [-0.2, 0) is 6.42 Å². The Bertz CT molecular complexity index is 1270. The van der Waals surface area contributed by atoms with Gasteiger partial charge in [-0.1, -0.05) is 17.3 Å². The standard InChI is InChI=1S/C24H22N4O/c1-13-22(14(2)29-28-13)16-11-19(17-5-3-7-20-18(17)6-4-10-25-20)23-21(12-16)26-24(27-23)15-8-9-15/h3,5,7,10-12,15H,4,6,8-9H2,1-2H3,(H,26,27). The maximum atomic E-state index is 5.46. The number of benzene rings is 2. The van der Waals surface area contributed by atoms with Crippen LogP contribution in [0.3, 0.4) is 0 Å². The van der Waals surface area contributed by atoms with Crippen molar-refractivity contribution in [1.82, 2.24) is 15.1 Å². The van der Waals surface area contributed by atoms with E-state index in [9.17, 15) is 0 Å². The maximum absolute atomic E-state index is 5.46. The molecular formula is C24H22N4O. The average Bonchev–Trinajstić information content (AvgIpc) is 3.42. The van der Waals surface area contributed by atoms with Crippen molar-refractivity contribution in [1.29, 1.82) is 0 Å². The first-order valence-electron chi connectivity index (χ1n) is 10.3. The number of imidazole rings is 1. The second-order valence-corrected chi connectivity index (χ2v) is 8.17. The minimum Gasteiger partial charge on any atom is -0.361 e. The third-order valence-corrected chi connectivity index (χ3v) is 6.09. The number of hydrogen-bond donors (Lipinski definition) is 1. The van der Waals surface area contributed by atoms with E-state index < -0.39 is 0 Å². The fourth-order valence-electron chi connectivity index (χ4n) is 4.51. The van der Waals surface area contributed by atoms with Gasteiger partial charge < -0.3 is 9.51 Å². The summed E-state index contributed by atoms with van der Waals surface area (Å²) in [6, 6.07) is 10.8. The highest BCUT2D eigenvalue weighted by atomic mass is 16.5. The van der Waals surface area contributed by atoms with Crippen LogP contribution in [0.25, 0.3) is 33.3 Å². The normalized spacial score (nSPS) is 15.8. The van der Waals surface area contributed by atoms with Crippen molar-refractivity contribution >= 4 is 22.9 Å². The highest BCUT2D eigenvalue weighted by Gasteiger charge is 2.28. The van der Waals surface area contributed by atoms with E-state index in [-0.39, 0.29) is 0 Å². The Morgan fingerprint density at radius 2 is 2.00 bits per heavy atom. The molecule has 0 saturated heterocycles. The highest BCUT2D eigenvalue weighted by Crippen LogP contribution is 2.43. The average molecular weight is 382 g/mol. The van der Waals surface area contributed by atoms with Gasteiger partial charge in [0.15, 0.2) is 0 Å². The van der Waals surface area contributed by atoms with Gasteiger partial charge in [0, 0.05) is 23.3 Å². The number of nitrogens with zero attached hydrogens (tertiary/aromatic N) is 3. The van der Waals surface area contributed by atoms with Gasteiger partial charge in [-0.15, -0.1) is 0 Å². The molecule has 1 N–H and O–H groups in total. The molecule has 0 unspecified atom stereocenters. The van der Waals surface area contributed by atoms with Gasteiger partial charge in [0.2, 0.25) is 0 Å². The van der Waals surface area contributed by atoms with Crippen molar-refractivity contribution in [2.24, 2.45) is 4.99 Å². The molecule has 144 valence electrons. The van der Waals surface area contributed by atoms with E-state index in [0.717, 1.165) is 63.5 Å². The molecule has 6 rings (SSSR count). The molecule has 4 aromatic rings. The van der Waals surface area contributed by atoms with Crippen molar-refractivity contribution in [3.05, 3.63) is 53.2 Å². The highest BCUT2D eigenvalue weighted by molar-refractivity contribution is 5.98. The Morgan fingerprint density at radius 3 is 2.79 bits per heavy atom. The fourth-order valence-corrected chi connectivity index (χ4v) is 4.51. The van der Waals surface area contributed by atoms with Crippen LogP contribution in [0.15, 0.2) is 39.8 Å². The molecule has 1 aliphatic carbocycles. The number of fused-ring (bicyclic) bond motifs is 2. The number of H-pyrrole nitrogens is 1. The number of aryl methyl sites for hydroxylation is 2. The minimum atomic E-state index is 0.576. The van der Waals surface area contributed by atoms with Gasteiger partial charge in [-0.3, -0.25) is 4.99 Å². The second-order valence-electron chi connectivity index (χ2n) is 8.17. The topological polar surface area (TPSA) is 67.1 Å². The summed E-state index contributed by atoms with van der Waals surface area (Å²) >= 11 is 0. The molecule has 0 bridgehead atoms. The van der Waals surface area contributed by atoms with Crippen molar-refractivity contribution < 1.29 is 4.52 Å². The number of nitrogens with one attached hydrogen (secondary N) is 1. The molecule has 2 aromatic heterocycles. The number of aromatic nitrogens is 3. The Labute approximate surface area is 168 Å². The van der Waals surface area contributed by atoms with Gasteiger partial charge in [0.1, 0.15) is 11.6 Å². The molecule has 1 fully saturated rings. The van der Waals surface area contributed by atoms with Crippen LogP contribution in [0.5, 0.6) is 0 Å². The molecular weight excluding hydrogens is 360 g/mol. The third kappa shape index (κ3) is 2.64. The summed E-state index contributed by atoms with van der Waals surface area (Å²) in [5.74, 6) is 2.53. The SMILES string of the molecule is Cc1noc(C)c1-c1cc(-c2cccc3c2CCC=N3)c2nc(C3CC3)[nH]c2c1. The quantitative estimate of drug-likeness (QED) is 0.470. The fraction of sp³-hybridized carbons (Fsp3) is 0.292. The number of aliphatic imine (C=N–C) groups is 1. The third-order valence-electron chi connectivity index (χ3n) is 6.09.